The molecule has 0 nitrogen and oxygen atoms in total. The summed E-state index contributed by atoms with van der Waals surface area (Å²) in [5.41, 5.74) is 0. The van der Waals surface area contributed by atoms with Gasteiger partial charge in [0.2, 0.25) is 0 Å². The summed E-state index contributed by atoms with van der Waals surface area (Å²) in [5.74, 6) is 4.48. The third-order valence-corrected chi connectivity index (χ3v) is 6.07. The second-order valence-corrected chi connectivity index (χ2v) is 7.60. The molecule has 86 valence electrons. The first-order valence-corrected chi connectivity index (χ1v) is 7.87. The molecule has 0 radical (unpaired) electrons. The lowest BCUT2D eigenvalue weighted by Gasteiger charge is -2.31. The van der Waals surface area contributed by atoms with Crippen molar-refractivity contribution in [2.24, 2.45) is 23.7 Å². The van der Waals surface area contributed by atoms with E-state index in [2.05, 4.69) is 15.9 Å². The van der Waals surface area contributed by atoms with Crippen molar-refractivity contribution >= 4 is 15.9 Å². The SMILES string of the molecule is BrC1CCCC(CC2CC3CCC2C3)C1. The van der Waals surface area contributed by atoms with E-state index in [-0.39, 0.29) is 0 Å². The first kappa shape index (κ1) is 10.6. The van der Waals surface area contributed by atoms with Crippen LogP contribution < -0.4 is 0 Å². The summed E-state index contributed by atoms with van der Waals surface area (Å²) in [7, 11) is 0. The van der Waals surface area contributed by atoms with Crippen LogP contribution in [0.25, 0.3) is 0 Å². The average Bonchev–Trinajstić information content (AvgIpc) is 2.79. The zero-order chi connectivity index (χ0) is 10.3. The van der Waals surface area contributed by atoms with E-state index in [1.54, 1.807) is 32.1 Å². The summed E-state index contributed by atoms with van der Waals surface area (Å²) in [4.78, 5) is 0.842. The fraction of sp³-hybridized carbons (Fsp3) is 1.00. The number of fused-ring (bicyclic) bond motifs is 2. The van der Waals surface area contributed by atoms with E-state index in [0.29, 0.717) is 0 Å². The van der Waals surface area contributed by atoms with Crippen molar-refractivity contribution in [3.8, 4) is 0 Å². The monoisotopic (exact) mass is 270 g/mol. The van der Waals surface area contributed by atoms with Gasteiger partial charge in [-0.05, 0) is 62.2 Å². The van der Waals surface area contributed by atoms with Gasteiger partial charge in [0.1, 0.15) is 0 Å². The van der Waals surface area contributed by atoms with Gasteiger partial charge in [-0.25, -0.2) is 0 Å². The predicted octanol–water partition coefficient (Wildman–Crippen LogP) is 4.77. The fourth-order valence-corrected chi connectivity index (χ4v) is 5.39. The van der Waals surface area contributed by atoms with Gasteiger partial charge in [-0.1, -0.05) is 35.2 Å². The molecule has 0 aromatic carbocycles. The first-order chi connectivity index (χ1) is 7.31. The molecule has 0 aliphatic heterocycles. The molecule has 5 atom stereocenters. The van der Waals surface area contributed by atoms with Crippen LogP contribution >= 0.6 is 15.9 Å². The van der Waals surface area contributed by atoms with Crippen molar-refractivity contribution in [2.75, 3.05) is 0 Å². The van der Waals surface area contributed by atoms with Crippen LogP contribution in [0.2, 0.25) is 0 Å². The minimum atomic E-state index is 0.842. The van der Waals surface area contributed by atoms with E-state index in [4.69, 9.17) is 0 Å². The molecule has 5 unspecified atom stereocenters. The number of rotatable bonds is 2. The minimum Gasteiger partial charge on any atom is -0.0891 e. The predicted molar refractivity (Wildman–Crippen MR) is 68.2 cm³/mol. The van der Waals surface area contributed by atoms with Crippen LogP contribution in [0.4, 0.5) is 0 Å². The molecule has 0 amide bonds. The minimum absolute atomic E-state index is 0.842. The van der Waals surface area contributed by atoms with Crippen molar-refractivity contribution in [1.29, 1.82) is 0 Å². The topological polar surface area (TPSA) is 0 Å². The third kappa shape index (κ3) is 2.28. The highest BCUT2D eigenvalue weighted by molar-refractivity contribution is 9.09. The highest BCUT2D eigenvalue weighted by Crippen LogP contribution is 2.51. The molecule has 0 heterocycles. The van der Waals surface area contributed by atoms with Crippen molar-refractivity contribution in [2.45, 2.75) is 62.6 Å². The lowest BCUT2D eigenvalue weighted by Crippen LogP contribution is -2.20. The zero-order valence-corrected chi connectivity index (χ0v) is 11.2. The summed E-state index contributed by atoms with van der Waals surface area (Å²) in [6.07, 6.45) is 13.8. The van der Waals surface area contributed by atoms with Gasteiger partial charge in [0, 0.05) is 4.83 Å². The van der Waals surface area contributed by atoms with Gasteiger partial charge in [-0.3, -0.25) is 0 Å². The summed E-state index contributed by atoms with van der Waals surface area (Å²) >= 11 is 3.82. The van der Waals surface area contributed by atoms with Crippen LogP contribution in [0.3, 0.4) is 0 Å². The van der Waals surface area contributed by atoms with E-state index in [1.165, 1.54) is 25.7 Å². The molecule has 0 aromatic rings. The molecule has 2 bridgehead atoms. The molecule has 0 N–H and O–H groups in total. The quantitative estimate of drug-likeness (QED) is 0.635. The summed E-state index contributed by atoms with van der Waals surface area (Å²) < 4.78 is 0. The van der Waals surface area contributed by atoms with Crippen molar-refractivity contribution < 1.29 is 0 Å². The van der Waals surface area contributed by atoms with Gasteiger partial charge in [0.25, 0.3) is 0 Å². The maximum absolute atomic E-state index is 3.82. The van der Waals surface area contributed by atoms with Gasteiger partial charge in [-0.2, -0.15) is 0 Å². The smallest absolute Gasteiger partial charge is 0.0148 e. The van der Waals surface area contributed by atoms with E-state index in [0.717, 1.165) is 28.5 Å². The Kier molecular flexibility index (Phi) is 3.11. The molecule has 3 aliphatic rings. The maximum atomic E-state index is 3.82. The highest BCUT2D eigenvalue weighted by Gasteiger charge is 2.40. The second kappa shape index (κ2) is 4.39. The summed E-state index contributed by atoms with van der Waals surface area (Å²) in [6, 6.07) is 0. The Morgan fingerprint density at radius 2 is 1.87 bits per heavy atom. The molecule has 3 saturated carbocycles. The van der Waals surface area contributed by atoms with E-state index in [9.17, 15) is 0 Å². The normalized spacial score (nSPS) is 49.8. The molecule has 3 rings (SSSR count). The first-order valence-electron chi connectivity index (χ1n) is 6.95. The standard InChI is InChI=1S/C14H23Br/c15-14-3-1-2-10(9-14)7-13-8-11-4-5-12(13)6-11/h10-14H,1-9H2. The molecular weight excluding hydrogens is 248 g/mol. The van der Waals surface area contributed by atoms with Crippen LogP contribution in [0.1, 0.15) is 57.8 Å². The highest BCUT2D eigenvalue weighted by atomic mass is 79.9. The summed E-state index contributed by atoms with van der Waals surface area (Å²) in [6.45, 7) is 0. The van der Waals surface area contributed by atoms with Gasteiger partial charge in [0.05, 0.1) is 0 Å². The van der Waals surface area contributed by atoms with Crippen molar-refractivity contribution in [1.82, 2.24) is 0 Å². The van der Waals surface area contributed by atoms with E-state index < -0.39 is 0 Å². The molecule has 0 saturated heterocycles. The Morgan fingerprint density at radius 1 is 0.933 bits per heavy atom. The largest absolute Gasteiger partial charge is 0.0891 e. The Hall–Kier alpha value is 0.480. The van der Waals surface area contributed by atoms with Crippen LogP contribution in [0.5, 0.6) is 0 Å². The number of hydrogen-bond acceptors (Lipinski definition) is 0. The van der Waals surface area contributed by atoms with Gasteiger partial charge in [0.15, 0.2) is 0 Å². The molecule has 3 aliphatic carbocycles. The second-order valence-electron chi connectivity index (χ2n) is 6.30. The van der Waals surface area contributed by atoms with Crippen LogP contribution in [-0.2, 0) is 0 Å². The van der Waals surface area contributed by atoms with Crippen LogP contribution in [0.15, 0.2) is 0 Å². The molecule has 0 aromatic heterocycles. The Labute approximate surface area is 102 Å². The van der Waals surface area contributed by atoms with Gasteiger partial charge < -0.3 is 0 Å². The molecular formula is C14H23Br. The van der Waals surface area contributed by atoms with Gasteiger partial charge in [-0.15, -0.1) is 0 Å². The van der Waals surface area contributed by atoms with Crippen LogP contribution in [-0.4, -0.2) is 4.83 Å². The van der Waals surface area contributed by atoms with Crippen molar-refractivity contribution in [3.63, 3.8) is 0 Å². The lowest BCUT2D eigenvalue weighted by molar-refractivity contribution is 0.234. The number of halogens is 1. The Bertz CT molecular complexity index is 225. The molecule has 15 heavy (non-hydrogen) atoms. The molecule has 1 heteroatoms. The number of alkyl halides is 1. The summed E-state index contributed by atoms with van der Waals surface area (Å²) in [5, 5.41) is 0. The molecule has 3 fully saturated rings. The Morgan fingerprint density at radius 3 is 2.53 bits per heavy atom. The van der Waals surface area contributed by atoms with Crippen LogP contribution in [0, 0.1) is 23.7 Å². The van der Waals surface area contributed by atoms with E-state index >= 15 is 0 Å². The third-order valence-electron chi connectivity index (χ3n) is 5.24. The number of hydrogen-bond donors (Lipinski definition) is 0. The maximum Gasteiger partial charge on any atom is 0.0148 e. The zero-order valence-electron chi connectivity index (χ0n) is 9.63. The Balaban J connectivity index is 1.52. The molecule has 0 spiro atoms. The lowest BCUT2D eigenvalue weighted by atomic mass is 9.77. The van der Waals surface area contributed by atoms with Gasteiger partial charge >= 0.3 is 0 Å². The average molecular weight is 271 g/mol. The van der Waals surface area contributed by atoms with E-state index in [1.807, 2.05) is 0 Å². The fourth-order valence-electron chi connectivity index (χ4n) is 4.53. The van der Waals surface area contributed by atoms with Crippen molar-refractivity contribution in [3.05, 3.63) is 0 Å².